The van der Waals surface area contributed by atoms with Crippen LogP contribution in [0.1, 0.15) is 21.7 Å². The SMILES string of the molecule is O=C(c1ccccn1)N1CCc2c([nH]c3ccc(Cl)cc23)C1. The number of amides is 1. The first-order valence-electron chi connectivity index (χ1n) is 7.21. The third-order valence-electron chi connectivity index (χ3n) is 4.11. The second kappa shape index (κ2) is 5.14. The molecule has 0 saturated heterocycles. The van der Waals surface area contributed by atoms with Crippen LogP contribution >= 0.6 is 11.6 Å². The molecule has 22 heavy (non-hydrogen) atoms. The fraction of sp³-hybridized carbons (Fsp3) is 0.176. The molecule has 2 aromatic heterocycles. The maximum absolute atomic E-state index is 12.5. The number of nitrogens with zero attached hydrogens (tertiary/aromatic N) is 2. The van der Waals surface area contributed by atoms with Crippen molar-refractivity contribution < 1.29 is 4.79 Å². The molecule has 3 heterocycles. The van der Waals surface area contributed by atoms with Crippen LogP contribution < -0.4 is 0 Å². The predicted molar refractivity (Wildman–Crippen MR) is 86.0 cm³/mol. The summed E-state index contributed by atoms with van der Waals surface area (Å²) >= 11 is 6.09. The highest BCUT2D eigenvalue weighted by Gasteiger charge is 2.25. The van der Waals surface area contributed by atoms with E-state index in [1.165, 1.54) is 5.56 Å². The van der Waals surface area contributed by atoms with Gasteiger partial charge in [0.15, 0.2) is 0 Å². The molecule has 1 aliphatic rings. The summed E-state index contributed by atoms with van der Waals surface area (Å²) in [6.07, 6.45) is 2.47. The van der Waals surface area contributed by atoms with Crippen molar-refractivity contribution in [1.82, 2.24) is 14.9 Å². The molecule has 1 N–H and O–H groups in total. The molecule has 5 heteroatoms. The van der Waals surface area contributed by atoms with Gasteiger partial charge in [-0.05, 0) is 42.3 Å². The zero-order valence-corrected chi connectivity index (χ0v) is 12.6. The number of carbonyl (C=O) groups excluding carboxylic acids is 1. The van der Waals surface area contributed by atoms with Crippen LogP contribution in [0.15, 0.2) is 42.6 Å². The molecule has 0 unspecified atom stereocenters. The zero-order valence-electron chi connectivity index (χ0n) is 11.8. The largest absolute Gasteiger partial charge is 0.357 e. The van der Waals surface area contributed by atoms with E-state index in [9.17, 15) is 4.79 Å². The Labute approximate surface area is 132 Å². The van der Waals surface area contributed by atoms with Gasteiger partial charge in [0.05, 0.1) is 6.54 Å². The van der Waals surface area contributed by atoms with Crippen molar-refractivity contribution in [2.45, 2.75) is 13.0 Å². The highest BCUT2D eigenvalue weighted by atomic mass is 35.5. The van der Waals surface area contributed by atoms with Crippen LogP contribution in [0, 0.1) is 0 Å². The number of nitrogens with one attached hydrogen (secondary N) is 1. The minimum absolute atomic E-state index is 0.0251. The van der Waals surface area contributed by atoms with Gasteiger partial charge in [-0.15, -0.1) is 0 Å². The molecule has 0 aliphatic carbocycles. The lowest BCUT2D eigenvalue weighted by atomic mass is 10.0. The van der Waals surface area contributed by atoms with E-state index in [0.717, 1.165) is 28.0 Å². The average molecular weight is 312 g/mol. The Bertz CT molecular complexity index is 857. The molecule has 0 radical (unpaired) electrons. The number of rotatable bonds is 1. The summed E-state index contributed by atoms with van der Waals surface area (Å²) in [6, 6.07) is 11.3. The Balaban J connectivity index is 1.67. The molecular formula is C17H14ClN3O. The summed E-state index contributed by atoms with van der Waals surface area (Å²) in [7, 11) is 0. The minimum Gasteiger partial charge on any atom is -0.357 e. The normalized spacial score (nSPS) is 14.1. The van der Waals surface area contributed by atoms with Crippen molar-refractivity contribution in [1.29, 1.82) is 0 Å². The molecule has 4 nitrogen and oxygen atoms in total. The highest BCUT2D eigenvalue weighted by Crippen LogP contribution is 2.29. The standard InChI is InChI=1S/C17H14ClN3O/c18-11-4-5-14-13(9-11)12-6-8-21(10-16(12)20-14)17(22)15-3-1-2-7-19-15/h1-5,7,9,20H,6,8,10H2. The molecule has 1 aliphatic heterocycles. The van der Waals surface area contributed by atoms with Crippen molar-refractivity contribution in [3.8, 4) is 0 Å². The van der Waals surface area contributed by atoms with E-state index in [1.54, 1.807) is 12.3 Å². The van der Waals surface area contributed by atoms with Crippen molar-refractivity contribution in [2.24, 2.45) is 0 Å². The van der Waals surface area contributed by atoms with Gasteiger partial charge in [0.25, 0.3) is 5.91 Å². The number of H-pyrrole nitrogens is 1. The van der Waals surface area contributed by atoms with Gasteiger partial charge in [0, 0.05) is 34.4 Å². The van der Waals surface area contributed by atoms with Crippen molar-refractivity contribution in [3.63, 3.8) is 0 Å². The smallest absolute Gasteiger partial charge is 0.272 e. The summed E-state index contributed by atoms with van der Waals surface area (Å²) in [4.78, 5) is 21.9. The first-order valence-corrected chi connectivity index (χ1v) is 7.59. The Morgan fingerprint density at radius 2 is 2.18 bits per heavy atom. The molecule has 1 aromatic carbocycles. The average Bonchev–Trinajstić information content (AvgIpc) is 2.92. The van der Waals surface area contributed by atoms with Crippen LogP contribution in [0.3, 0.4) is 0 Å². The first-order chi connectivity index (χ1) is 10.7. The number of pyridine rings is 1. The number of fused-ring (bicyclic) bond motifs is 3. The van der Waals surface area contributed by atoms with Gasteiger partial charge < -0.3 is 9.88 Å². The van der Waals surface area contributed by atoms with Crippen molar-refractivity contribution in [3.05, 3.63) is 64.6 Å². The van der Waals surface area contributed by atoms with Gasteiger partial charge in [0.2, 0.25) is 0 Å². The van der Waals surface area contributed by atoms with E-state index >= 15 is 0 Å². The summed E-state index contributed by atoms with van der Waals surface area (Å²) < 4.78 is 0. The summed E-state index contributed by atoms with van der Waals surface area (Å²) in [5.41, 5.74) is 3.92. The molecule has 0 spiro atoms. The second-order valence-electron chi connectivity index (χ2n) is 5.46. The Kier molecular flexibility index (Phi) is 3.12. The number of benzene rings is 1. The van der Waals surface area contributed by atoms with Crippen molar-refractivity contribution >= 4 is 28.4 Å². The molecule has 0 fully saturated rings. The van der Waals surface area contributed by atoms with E-state index in [2.05, 4.69) is 9.97 Å². The number of aromatic nitrogens is 2. The fourth-order valence-corrected chi connectivity index (χ4v) is 3.21. The maximum atomic E-state index is 12.5. The fourth-order valence-electron chi connectivity index (χ4n) is 3.04. The highest BCUT2D eigenvalue weighted by molar-refractivity contribution is 6.31. The Morgan fingerprint density at radius 1 is 1.27 bits per heavy atom. The summed E-state index contributed by atoms with van der Waals surface area (Å²) in [5.74, 6) is -0.0251. The first kappa shape index (κ1) is 13.3. The summed E-state index contributed by atoms with van der Waals surface area (Å²) in [6.45, 7) is 1.28. The lowest BCUT2D eigenvalue weighted by molar-refractivity contribution is 0.0727. The van der Waals surface area contributed by atoms with Crippen LogP contribution in [0.5, 0.6) is 0 Å². The molecule has 4 rings (SSSR count). The van der Waals surface area contributed by atoms with E-state index in [0.29, 0.717) is 18.8 Å². The molecule has 3 aromatic rings. The topological polar surface area (TPSA) is 49.0 Å². The third-order valence-corrected chi connectivity index (χ3v) is 4.34. The van der Waals surface area contributed by atoms with E-state index < -0.39 is 0 Å². The van der Waals surface area contributed by atoms with E-state index in [-0.39, 0.29) is 5.91 Å². The third kappa shape index (κ3) is 2.16. The lowest BCUT2D eigenvalue weighted by Gasteiger charge is -2.26. The number of carbonyl (C=O) groups is 1. The Hall–Kier alpha value is -2.33. The zero-order chi connectivity index (χ0) is 15.1. The van der Waals surface area contributed by atoms with Crippen LogP contribution in [0.25, 0.3) is 10.9 Å². The van der Waals surface area contributed by atoms with Gasteiger partial charge in [-0.1, -0.05) is 17.7 Å². The second-order valence-corrected chi connectivity index (χ2v) is 5.90. The van der Waals surface area contributed by atoms with Gasteiger partial charge in [-0.2, -0.15) is 0 Å². The van der Waals surface area contributed by atoms with Crippen LogP contribution in [0.2, 0.25) is 5.02 Å². The van der Waals surface area contributed by atoms with Gasteiger partial charge >= 0.3 is 0 Å². The quantitative estimate of drug-likeness (QED) is 0.748. The molecule has 0 bridgehead atoms. The molecule has 1 amide bonds. The number of hydrogen-bond donors (Lipinski definition) is 1. The van der Waals surface area contributed by atoms with Crippen LogP contribution in [-0.4, -0.2) is 27.3 Å². The van der Waals surface area contributed by atoms with E-state index in [4.69, 9.17) is 11.6 Å². The monoisotopic (exact) mass is 311 g/mol. The predicted octanol–water partition coefficient (Wildman–Crippen LogP) is 3.41. The lowest BCUT2D eigenvalue weighted by Crippen LogP contribution is -2.36. The Morgan fingerprint density at radius 3 is 3.00 bits per heavy atom. The number of halogens is 1. The maximum Gasteiger partial charge on any atom is 0.272 e. The van der Waals surface area contributed by atoms with Gasteiger partial charge in [-0.3, -0.25) is 9.78 Å². The van der Waals surface area contributed by atoms with E-state index in [1.807, 2.05) is 35.2 Å². The molecular weight excluding hydrogens is 298 g/mol. The van der Waals surface area contributed by atoms with Crippen LogP contribution in [0.4, 0.5) is 0 Å². The minimum atomic E-state index is -0.0251. The molecule has 0 saturated carbocycles. The number of aromatic amines is 1. The van der Waals surface area contributed by atoms with Crippen molar-refractivity contribution in [2.75, 3.05) is 6.54 Å². The molecule has 110 valence electrons. The van der Waals surface area contributed by atoms with Gasteiger partial charge in [-0.25, -0.2) is 0 Å². The summed E-state index contributed by atoms with van der Waals surface area (Å²) in [5, 5.41) is 1.90. The van der Waals surface area contributed by atoms with Gasteiger partial charge in [0.1, 0.15) is 5.69 Å². The molecule has 0 atom stereocenters. The van der Waals surface area contributed by atoms with Crippen LogP contribution in [-0.2, 0) is 13.0 Å². The number of hydrogen-bond acceptors (Lipinski definition) is 2.